The summed E-state index contributed by atoms with van der Waals surface area (Å²) in [5.41, 5.74) is 18.2. The third-order valence-electron chi connectivity index (χ3n) is 15.4. The van der Waals surface area contributed by atoms with Gasteiger partial charge in [0, 0.05) is 44.3 Å². The van der Waals surface area contributed by atoms with E-state index in [-0.39, 0.29) is 0 Å². The van der Waals surface area contributed by atoms with Crippen LogP contribution in [0.3, 0.4) is 0 Å². The highest BCUT2D eigenvalue weighted by Crippen LogP contribution is 2.62. The molecular weight excluding hydrogens is 801 g/mol. The summed E-state index contributed by atoms with van der Waals surface area (Å²) in [6.07, 6.45) is 3.28. The summed E-state index contributed by atoms with van der Waals surface area (Å²) in [6, 6.07) is 79.3. The monoisotopic (exact) mass is 842 g/mol. The van der Waals surface area contributed by atoms with Gasteiger partial charge in [0.25, 0.3) is 0 Å². The molecule has 0 radical (unpaired) electrons. The van der Waals surface area contributed by atoms with Gasteiger partial charge in [-0.1, -0.05) is 176 Å². The molecule has 2 atom stereocenters. The lowest BCUT2D eigenvalue weighted by molar-refractivity contribution is 0.438. The Morgan fingerprint density at radius 2 is 1.12 bits per heavy atom. The van der Waals surface area contributed by atoms with Gasteiger partial charge in [-0.2, -0.15) is 0 Å². The summed E-state index contributed by atoms with van der Waals surface area (Å²) in [5, 5.41) is 7.55. The predicted molar refractivity (Wildman–Crippen MR) is 271 cm³/mol. The third-order valence-corrected chi connectivity index (χ3v) is 15.4. The first kappa shape index (κ1) is 36.2. The fraction of sp³-hybridized carbons (Fsp3) is 0.0794. The molecule has 66 heavy (non-hydrogen) atoms. The van der Waals surface area contributed by atoms with Crippen molar-refractivity contribution >= 4 is 54.4 Å². The van der Waals surface area contributed by atoms with Crippen LogP contribution in [-0.4, -0.2) is 9.13 Å². The van der Waals surface area contributed by atoms with Crippen molar-refractivity contribution in [3.8, 4) is 34.0 Å². The normalized spacial score (nSPS) is 16.4. The average molecular weight is 843 g/mol. The van der Waals surface area contributed by atoms with Crippen LogP contribution < -0.4 is 4.74 Å². The zero-order chi connectivity index (χ0) is 43.1. The molecule has 4 heterocycles. The van der Waals surface area contributed by atoms with Crippen molar-refractivity contribution < 1.29 is 4.74 Å². The van der Waals surface area contributed by atoms with Crippen LogP contribution >= 0.6 is 0 Å². The second kappa shape index (κ2) is 13.4. The van der Waals surface area contributed by atoms with Crippen molar-refractivity contribution in [2.75, 3.05) is 0 Å². The van der Waals surface area contributed by atoms with Gasteiger partial charge in [0.05, 0.1) is 33.2 Å². The van der Waals surface area contributed by atoms with Crippen molar-refractivity contribution in [2.45, 2.75) is 30.6 Å². The molecular formula is C63H42N2O. The molecule has 2 unspecified atom stereocenters. The van der Waals surface area contributed by atoms with E-state index in [9.17, 15) is 0 Å². The van der Waals surface area contributed by atoms with Gasteiger partial charge < -0.3 is 13.9 Å². The topological polar surface area (TPSA) is 19.1 Å². The van der Waals surface area contributed by atoms with Crippen molar-refractivity contribution in [1.29, 1.82) is 0 Å². The molecule has 3 aliphatic rings. The van der Waals surface area contributed by atoms with Gasteiger partial charge in [-0.25, -0.2) is 0 Å². The van der Waals surface area contributed by atoms with Crippen molar-refractivity contribution in [1.82, 2.24) is 9.13 Å². The number of ether oxygens (including phenoxy) is 1. The number of fused-ring (bicyclic) bond motifs is 19. The van der Waals surface area contributed by atoms with Crippen LogP contribution in [0.5, 0.6) is 11.5 Å². The molecule has 1 aliphatic carbocycles. The van der Waals surface area contributed by atoms with Gasteiger partial charge in [0.2, 0.25) is 0 Å². The third kappa shape index (κ3) is 4.71. The number of nitrogens with zero attached hydrogens (tertiary/aromatic N) is 2. The molecule has 2 aromatic heterocycles. The standard InChI is InChI=1S/C63H42N2O/c1-2-17-41-37-39(31-32-40(41)16-1)15-13-22-44-43-18-3-4-19-45(43)51-38-42(33-34-46(44)51)64-56-27-9-5-21-48(56)50-35-36-55-62(61(50)64)66-59-30-12-8-25-53(59)63(55)52-24-7-11-29-58(52)65-57-28-10-6-20-47(57)49-23-14-26-54(63)60(49)65/h1-12,14,16-21,23-38,44H,13,15,22H2. The fourth-order valence-electron chi connectivity index (χ4n) is 12.7. The number of benzene rings is 10. The number of hydrogen-bond acceptors (Lipinski definition) is 1. The van der Waals surface area contributed by atoms with Crippen LogP contribution in [0.4, 0.5) is 0 Å². The smallest absolute Gasteiger partial charge is 0.156 e. The summed E-state index contributed by atoms with van der Waals surface area (Å²) in [7, 11) is 0. The maximum Gasteiger partial charge on any atom is 0.156 e. The van der Waals surface area contributed by atoms with Crippen molar-refractivity contribution in [3.05, 3.63) is 251 Å². The van der Waals surface area contributed by atoms with Crippen LogP contribution in [0, 0.1) is 0 Å². The van der Waals surface area contributed by atoms with Gasteiger partial charge in [-0.3, -0.25) is 0 Å². The zero-order valence-corrected chi connectivity index (χ0v) is 36.2. The molecule has 0 saturated heterocycles. The molecule has 3 nitrogen and oxygen atoms in total. The van der Waals surface area contributed by atoms with E-state index < -0.39 is 5.41 Å². The lowest BCUT2D eigenvalue weighted by Gasteiger charge is -2.45. The molecule has 0 bridgehead atoms. The minimum absolute atomic E-state index is 0.348. The molecule has 3 heteroatoms. The highest BCUT2D eigenvalue weighted by Gasteiger charge is 2.51. The van der Waals surface area contributed by atoms with Crippen LogP contribution in [-0.2, 0) is 11.8 Å². The Labute approximate surface area is 382 Å². The summed E-state index contributed by atoms with van der Waals surface area (Å²) in [5.74, 6) is 2.15. The van der Waals surface area contributed by atoms with Gasteiger partial charge in [0.15, 0.2) is 5.75 Å². The number of rotatable bonds is 5. The van der Waals surface area contributed by atoms with Crippen molar-refractivity contribution in [2.24, 2.45) is 0 Å². The van der Waals surface area contributed by atoms with Crippen molar-refractivity contribution in [3.63, 3.8) is 0 Å². The molecule has 1 spiro atoms. The lowest BCUT2D eigenvalue weighted by Crippen LogP contribution is -2.37. The Kier molecular flexibility index (Phi) is 7.38. The zero-order valence-electron chi connectivity index (χ0n) is 36.2. The first-order chi connectivity index (χ1) is 32.8. The SMILES string of the molecule is c1ccc2c(c1)Oc1c(ccc3c4ccccc4n(-c4ccc5c(c4)-c4ccccc4C5CCCc4ccc5ccccc5c4)c13)C21c2ccccc2-n2c3ccccc3c3cccc1c32. The summed E-state index contributed by atoms with van der Waals surface area (Å²) < 4.78 is 12.4. The molecule has 2 aliphatic heterocycles. The van der Waals surface area contributed by atoms with E-state index in [2.05, 4.69) is 221 Å². The van der Waals surface area contributed by atoms with Crippen LogP contribution in [0.1, 0.15) is 57.7 Å². The van der Waals surface area contributed by atoms with E-state index >= 15 is 0 Å². The van der Waals surface area contributed by atoms with Gasteiger partial charge >= 0.3 is 0 Å². The largest absolute Gasteiger partial charge is 0.454 e. The number of para-hydroxylation sites is 5. The molecule has 0 saturated carbocycles. The molecule has 310 valence electrons. The number of hydrogen-bond donors (Lipinski definition) is 0. The van der Waals surface area contributed by atoms with E-state index in [4.69, 9.17) is 4.74 Å². The second-order valence-corrected chi connectivity index (χ2v) is 18.6. The predicted octanol–water partition coefficient (Wildman–Crippen LogP) is 16.0. The summed E-state index contributed by atoms with van der Waals surface area (Å²) in [6.45, 7) is 0. The Morgan fingerprint density at radius 3 is 2.02 bits per heavy atom. The minimum atomic E-state index is -0.656. The quantitative estimate of drug-likeness (QED) is 0.169. The van der Waals surface area contributed by atoms with E-state index in [0.717, 1.165) is 53.1 Å². The second-order valence-electron chi connectivity index (χ2n) is 18.6. The molecule has 15 rings (SSSR count). The molecule has 0 amide bonds. The Morgan fingerprint density at radius 1 is 0.439 bits per heavy atom. The van der Waals surface area contributed by atoms with Crippen LogP contribution in [0.2, 0.25) is 0 Å². The maximum atomic E-state index is 7.41. The number of aromatic nitrogens is 2. The first-order valence-corrected chi connectivity index (χ1v) is 23.4. The highest BCUT2D eigenvalue weighted by molar-refractivity contribution is 6.14. The van der Waals surface area contributed by atoms with E-state index in [1.807, 2.05) is 0 Å². The number of aryl methyl sites for hydroxylation is 1. The molecule has 10 aromatic carbocycles. The Balaban J connectivity index is 0.945. The van der Waals surface area contributed by atoms with Gasteiger partial charge in [0.1, 0.15) is 5.75 Å². The van der Waals surface area contributed by atoms with Gasteiger partial charge in [-0.15, -0.1) is 0 Å². The Hall–Kier alpha value is -8.14. The lowest BCUT2D eigenvalue weighted by atomic mass is 9.61. The Bertz CT molecular complexity index is 4030. The molecule has 0 fully saturated rings. The van der Waals surface area contributed by atoms with Crippen LogP contribution in [0.15, 0.2) is 212 Å². The first-order valence-electron chi connectivity index (χ1n) is 23.4. The summed E-state index contributed by atoms with van der Waals surface area (Å²) in [4.78, 5) is 0. The van der Waals surface area contributed by atoms with E-state index in [1.165, 1.54) is 93.5 Å². The molecule has 0 N–H and O–H groups in total. The summed E-state index contributed by atoms with van der Waals surface area (Å²) >= 11 is 0. The van der Waals surface area contributed by atoms with E-state index in [1.54, 1.807) is 0 Å². The highest BCUT2D eigenvalue weighted by atomic mass is 16.5. The maximum absolute atomic E-state index is 7.41. The minimum Gasteiger partial charge on any atom is -0.454 e. The van der Waals surface area contributed by atoms with Crippen LogP contribution in [0.25, 0.3) is 76.9 Å². The molecule has 12 aromatic rings. The average Bonchev–Trinajstić information content (AvgIpc) is 4.01. The van der Waals surface area contributed by atoms with Gasteiger partial charge in [-0.05, 0) is 105 Å². The van der Waals surface area contributed by atoms with E-state index in [0.29, 0.717) is 5.92 Å². The fourth-order valence-corrected chi connectivity index (χ4v) is 12.7.